The zero-order valence-electron chi connectivity index (χ0n) is 18.9. The van der Waals surface area contributed by atoms with Crippen molar-refractivity contribution >= 4 is 42.1 Å². The Morgan fingerprint density at radius 2 is 1.82 bits per heavy atom. The van der Waals surface area contributed by atoms with E-state index in [-0.39, 0.29) is 18.1 Å². The van der Waals surface area contributed by atoms with Crippen LogP contribution in [-0.2, 0) is 16.0 Å². The molecule has 9 nitrogen and oxygen atoms in total. The summed E-state index contributed by atoms with van der Waals surface area (Å²) >= 11 is 1.30. The maximum atomic E-state index is 13.3. The first-order valence-corrected chi connectivity index (χ1v) is 11.8. The number of carbonyl (C=O) groups excluding carboxylic acids is 2. The molecule has 1 radical (unpaired) electrons. The molecule has 0 spiro atoms. The summed E-state index contributed by atoms with van der Waals surface area (Å²) in [6.07, 6.45) is -0.641. The van der Waals surface area contributed by atoms with Gasteiger partial charge in [-0.15, -0.1) is 0 Å². The number of aliphatic hydroxyl groups excluding tert-OH is 2. The van der Waals surface area contributed by atoms with Crippen molar-refractivity contribution in [2.75, 3.05) is 0 Å². The second-order valence-electron chi connectivity index (χ2n) is 8.58. The summed E-state index contributed by atoms with van der Waals surface area (Å²) < 4.78 is 0. The SMILES string of the molecule is [B]=C(O)NC(CC(C)C)C(=O)NC(Cc1ccccc1)C(=O)NC1c2ccsc2/C(=N/O)C1O. The molecule has 179 valence electrons. The van der Waals surface area contributed by atoms with Crippen LogP contribution in [-0.4, -0.2) is 64.4 Å². The van der Waals surface area contributed by atoms with E-state index in [1.54, 1.807) is 11.4 Å². The number of nitrogens with zero attached hydrogens (tertiary/aromatic N) is 1. The van der Waals surface area contributed by atoms with Gasteiger partial charge in [0.25, 0.3) is 0 Å². The third-order valence-electron chi connectivity index (χ3n) is 5.53. The van der Waals surface area contributed by atoms with Gasteiger partial charge in [-0.05, 0) is 0 Å². The number of hydrogen-bond acceptors (Lipinski definition) is 8. The van der Waals surface area contributed by atoms with Gasteiger partial charge in [-0.25, -0.2) is 0 Å². The minimum atomic E-state index is -1.22. The number of aliphatic hydroxyl groups is 2. The Labute approximate surface area is 203 Å². The predicted molar refractivity (Wildman–Crippen MR) is 131 cm³/mol. The van der Waals surface area contributed by atoms with Gasteiger partial charge in [-0.1, -0.05) is 0 Å². The number of benzene rings is 1. The average molecular weight is 483 g/mol. The van der Waals surface area contributed by atoms with Crippen molar-refractivity contribution in [1.82, 2.24) is 16.0 Å². The third-order valence-corrected chi connectivity index (χ3v) is 6.48. The molecule has 3 rings (SSSR count). The molecule has 2 amide bonds. The van der Waals surface area contributed by atoms with E-state index >= 15 is 0 Å². The molecule has 2 aromatic rings. The standard InChI is InChI=1S/C23H28BN4O5S/c1-12(2)10-15(26-23(24)32)21(30)25-16(11-13-6-4-3-5-7-13)22(31)27-17-14-8-9-34-20(14)18(28-33)19(17)29/h3-9,12,15-17,19,26,29,32-33H,10-11H2,1-2H3,(H,25,30)(H,27,31)/b28-18+. The summed E-state index contributed by atoms with van der Waals surface area (Å²) in [5.41, 5.74) is 1.56. The Kier molecular flexibility index (Phi) is 8.46. The molecular weight excluding hydrogens is 455 g/mol. The Balaban J connectivity index is 1.82. The molecule has 0 bridgehead atoms. The summed E-state index contributed by atoms with van der Waals surface area (Å²) in [6.45, 7) is 3.84. The van der Waals surface area contributed by atoms with E-state index in [4.69, 9.17) is 7.49 Å². The monoisotopic (exact) mass is 483 g/mol. The quantitative estimate of drug-likeness (QED) is 0.168. The van der Waals surface area contributed by atoms with Crippen LogP contribution >= 0.6 is 11.3 Å². The molecule has 1 aromatic carbocycles. The van der Waals surface area contributed by atoms with Crippen LogP contribution in [0.5, 0.6) is 0 Å². The number of fused-ring (bicyclic) bond motifs is 1. The van der Waals surface area contributed by atoms with E-state index in [1.807, 2.05) is 44.2 Å². The van der Waals surface area contributed by atoms with Crippen LogP contribution in [0.1, 0.15) is 42.3 Å². The maximum absolute atomic E-state index is 13.3. The predicted octanol–water partition coefficient (Wildman–Crippen LogP) is 0.818. The molecule has 1 aliphatic carbocycles. The van der Waals surface area contributed by atoms with Crippen molar-refractivity contribution in [3.63, 3.8) is 0 Å². The van der Waals surface area contributed by atoms with Crippen LogP contribution in [0, 0.1) is 5.92 Å². The number of oxime groups is 1. The summed E-state index contributed by atoms with van der Waals surface area (Å²) in [7, 11) is 5.35. The summed E-state index contributed by atoms with van der Waals surface area (Å²) in [5, 5.41) is 42.4. The molecule has 1 aliphatic rings. The van der Waals surface area contributed by atoms with E-state index < -0.39 is 41.8 Å². The Hall–Kier alpha value is -3.18. The van der Waals surface area contributed by atoms with E-state index in [9.17, 15) is 25.0 Å². The van der Waals surface area contributed by atoms with Gasteiger partial charge in [0.2, 0.25) is 0 Å². The second kappa shape index (κ2) is 11.3. The van der Waals surface area contributed by atoms with Crippen LogP contribution in [0.15, 0.2) is 46.9 Å². The first kappa shape index (κ1) is 25.4. The number of carbonyl (C=O) groups is 2. The molecular formula is C23H28BN4O5S. The topological polar surface area (TPSA) is 143 Å². The van der Waals surface area contributed by atoms with Crippen LogP contribution in [0.25, 0.3) is 0 Å². The molecule has 11 heteroatoms. The van der Waals surface area contributed by atoms with Crippen molar-refractivity contribution in [2.24, 2.45) is 11.1 Å². The Morgan fingerprint density at radius 3 is 2.44 bits per heavy atom. The fourth-order valence-electron chi connectivity index (χ4n) is 3.96. The molecule has 0 saturated heterocycles. The third kappa shape index (κ3) is 6.03. The van der Waals surface area contributed by atoms with Crippen LogP contribution in [0.3, 0.4) is 0 Å². The second-order valence-corrected chi connectivity index (χ2v) is 9.50. The van der Waals surface area contributed by atoms with Gasteiger partial charge in [-0.2, -0.15) is 0 Å². The van der Waals surface area contributed by atoms with E-state index in [0.29, 0.717) is 16.9 Å². The van der Waals surface area contributed by atoms with Crippen molar-refractivity contribution in [3.05, 3.63) is 57.8 Å². The van der Waals surface area contributed by atoms with Gasteiger partial charge < -0.3 is 5.21 Å². The van der Waals surface area contributed by atoms with Crippen molar-refractivity contribution in [1.29, 1.82) is 0 Å². The fourth-order valence-corrected chi connectivity index (χ4v) is 4.93. The number of nitrogens with one attached hydrogen (secondary N) is 3. The van der Waals surface area contributed by atoms with Gasteiger partial charge in [0.05, 0.1) is 0 Å². The molecule has 4 atom stereocenters. The summed E-state index contributed by atoms with van der Waals surface area (Å²) in [6, 6.07) is 8.31. The average Bonchev–Trinajstić information content (AvgIpc) is 3.34. The molecule has 0 fully saturated rings. The number of rotatable bonds is 10. The zero-order valence-corrected chi connectivity index (χ0v) is 19.7. The molecule has 0 saturated carbocycles. The van der Waals surface area contributed by atoms with Crippen molar-refractivity contribution in [2.45, 2.75) is 50.9 Å². The van der Waals surface area contributed by atoms with Gasteiger partial charge in [-0.3, -0.25) is 0 Å². The van der Waals surface area contributed by atoms with Crippen molar-refractivity contribution < 1.29 is 25.0 Å². The molecule has 1 aromatic heterocycles. The van der Waals surface area contributed by atoms with Gasteiger partial charge >= 0.3 is 198 Å². The molecule has 6 N–H and O–H groups in total. The number of hydrogen-bond donors (Lipinski definition) is 6. The van der Waals surface area contributed by atoms with Crippen LogP contribution < -0.4 is 16.0 Å². The Bertz CT molecular complexity index is 1060. The van der Waals surface area contributed by atoms with Crippen molar-refractivity contribution in [3.8, 4) is 0 Å². The molecule has 4 unspecified atom stereocenters. The van der Waals surface area contributed by atoms with Crippen LogP contribution in [0.4, 0.5) is 0 Å². The number of thiophene rings is 1. The normalized spacial score (nSPS) is 19.9. The van der Waals surface area contributed by atoms with Gasteiger partial charge in [0.15, 0.2) is 0 Å². The number of amides is 2. The molecule has 1 heterocycles. The van der Waals surface area contributed by atoms with Crippen LogP contribution in [0.2, 0.25) is 0 Å². The Morgan fingerprint density at radius 1 is 1.12 bits per heavy atom. The minimum absolute atomic E-state index is 0.0918. The molecule has 34 heavy (non-hydrogen) atoms. The van der Waals surface area contributed by atoms with E-state index in [1.165, 1.54) is 11.3 Å². The van der Waals surface area contributed by atoms with Gasteiger partial charge in [0, 0.05) is 0 Å². The summed E-state index contributed by atoms with van der Waals surface area (Å²) in [5.74, 6) is -1.48. The van der Waals surface area contributed by atoms with Gasteiger partial charge in [0.1, 0.15) is 0 Å². The first-order valence-electron chi connectivity index (χ1n) is 10.9. The van der Waals surface area contributed by atoms with E-state index in [0.717, 1.165) is 5.56 Å². The zero-order chi connectivity index (χ0) is 24.8. The van der Waals surface area contributed by atoms with E-state index in [2.05, 4.69) is 21.1 Å². The summed E-state index contributed by atoms with van der Waals surface area (Å²) in [4.78, 5) is 27.0. The fraction of sp³-hybridized carbons (Fsp3) is 0.391. The first-order chi connectivity index (χ1) is 16.2. The molecule has 0 aliphatic heterocycles.